The third-order valence-electron chi connectivity index (χ3n) is 3.70. The molecule has 4 heteroatoms. The van der Waals surface area contributed by atoms with Crippen molar-refractivity contribution in [3.05, 3.63) is 30.3 Å². The molecule has 1 unspecified atom stereocenters. The molecule has 0 N–H and O–H groups in total. The molecule has 20 heavy (non-hydrogen) atoms. The highest BCUT2D eigenvalue weighted by atomic mass is 15.3. The predicted molar refractivity (Wildman–Crippen MR) is 86.4 cm³/mol. The molecule has 1 fully saturated rings. The Balaban J connectivity index is 1.92. The van der Waals surface area contributed by atoms with Gasteiger partial charge in [0.05, 0.1) is 0 Å². The van der Waals surface area contributed by atoms with E-state index < -0.39 is 0 Å². The van der Waals surface area contributed by atoms with Gasteiger partial charge in [0.15, 0.2) is 5.96 Å². The van der Waals surface area contributed by atoms with Gasteiger partial charge < -0.3 is 14.7 Å². The van der Waals surface area contributed by atoms with Crippen LogP contribution in [0.25, 0.3) is 0 Å². The molecule has 4 nitrogen and oxygen atoms in total. The van der Waals surface area contributed by atoms with Crippen molar-refractivity contribution in [1.29, 1.82) is 0 Å². The van der Waals surface area contributed by atoms with Crippen molar-refractivity contribution in [2.24, 2.45) is 10.9 Å². The first-order valence-electron chi connectivity index (χ1n) is 7.27. The van der Waals surface area contributed by atoms with Gasteiger partial charge in [-0.1, -0.05) is 18.2 Å². The Hall–Kier alpha value is -1.71. The third-order valence-corrected chi connectivity index (χ3v) is 3.70. The topological polar surface area (TPSA) is 22.1 Å². The first-order chi connectivity index (χ1) is 9.58. The maximum absolute atomic E-state index is 4.77. The van der Waals surface area contributed by atoms with E-state index in [2.05, 4.69) is 45.0 Å². The molecule has 110 valence electrons. The van der Waals surface area contributed by atoms with E-state index in [0.29, 0.717) is 5.92 Å². The molecule has 0 aliphatic carbocycles. The van der Waals surface area contributed by atoms with E-state index in [4.69, 9.17) is 4.99 Å². The van der Waals surface area contributed by atoms with Gasteiger partial charge >= 0.3 is 0 Å². The summed E-state index contributed by atoms with van der Waals surface area (Å²) in [7, 11) is 8.18. The normalized spacial score (nSPS) is 18.0. The molecule has 1 aliphatic rings. The second kappa shape index (κ2) is 6.64. The molecule has 1 aromatic rings. The van der Waals surface area contributed by atoms with E-state index in [0.717, 1.165) is 25.6 Å². The van der Waals surface area contributed by atoms with Gasteiger partial charge in [0, 0.05) is 53.5 Å². The molecule has 0 amide bonds. The molecule has 0 radical (unpaired) electrons. The average molecular weight is 274 g/mol. The average Bonchev–Trinajstić information content (AvgIpc) is 2.88. The highest BCUT2D eigenvalue weighted by Gasteiger charge is 2.22. The molecule has 0 saturated carbocycles. The zero-order valence-corrected chi connectivity index (χ0v) is 13.1. The summed E-state index contributed by atoms with van der Waals surface area (Å²) in [6, 6.07) is 10.7. The molecule has 1 atom stereocenters. The van der Waals surface area contributed by atoms with Crippen LogP contribution < -0.4 is 4.90 Å². The number of guanidine groups is 1. The monoisotopic (exact) mass is 274 g/mol. The molecular weight excluding hydrogens is 248 g/mol. The van der Waals surface area contributed by atoms with E-state index in [1.54, 1.807) is 0 Å². The summed E-state index contributed by atoms with van der Waals surface area (Å²) in [6.45, 7) is 3.17. The van der Waals surface area contributed by atoms with Gasteiger partial charge in [-0.3, -0.25) is 4.99 Å². The number of aliphatic imine (C=N–C) groups is 1. The van der Waals surface area contributed by atoms with Crippen LogP contribution in [0.3, 0.4) is 0 Å². The van der Waals surface area contributed by atoms with Gasteiger partial charge in [0.25, 0.3) is 0 Å². The van der Waals surface area contributed by atoms with Crippen molar-refractivity contribution < 1.29 is 0 Å². The molecule has 1 heterocycles. The standard InChI is InChI=1S/C16H26N4/c1-18(2)16(19(3)4)17-12-14-10-11-20(13-14)15-8-6-5-7-9-15/h5-9,14H,10-13H2,1-4H3. The van der Waals surface area contributed by atoms with Crippen LogP contribution in [0.1, 0.15) is 6.42 Å². The maximum Gasteiger partial charge on any atom is 0.195 e. The second-order valence-electron chi connectivity index (χ2n) is 5.87. The first kappa shape index (κ1) is 14.7. The third kappa shape index (κ3) is 3.65. The lowest BCUT2D eigenvalue weighted by Gasteiger charge is -2.23. The molecule has 0 spiro atoms. The summed E-state index contributed by atoms with van der Waals surface area (Å²) in [5, 5.41) is 0. The first-order valence-corrected chi connectivity index (χ1v) is 7.27. The lowest BCUT2D eigenvalue weighted by molar-refractivity contribution is 0.472. The SMILES string of the molecule is CN(C)C(=NCC1CCN(c2ccccc2)C1)N(C)C. The van der Waals surface area contributed by atoms with Gasteiger partial charge in [0.2, 0.25) is 0 Å². The van der Waals surface area contributed by atoms with Crippen molar-refractivity contribution in [1.82, 2.24) is 9.80 Å². The highest BCUT2D eigenvalue weighted by Crippen LogP contribution is 2.23. The predicted octanol–water partition coefficient (Wildman–Crippen LogP) is 1.99. The zero-order valence-electron chi connectivity index (χ0n) is 13.1. The van der Waals surface area contributed by atoms with E-state index in [-0.39, 0.29) is 0 Å². The Morgan fingerprint density at radius 1 is 1.15 bits per heavy atom. The number of rotatable bonds is 3. The van der Waals surface area contributed by atoms with Crippen molar-refractivity contribution >= 4 is 11.6 Å². The van der Waals surface area contributed by atoms with Crippen LogP contribution in [-0.2, 0) is 0 Å². The Labute approximate surface area is 122 Å². The lowest BCUT2D eigenvalue weighted by atomic mass is 10.1. The Bertz CT molecular complexity index is 429. The van der Waals surface area contributed by atoms with E-state index in [1.165, 1.54) is 12.1 Å². The molecular formula is C16H26N4. The molecule has 1 aromatic carbocycles. The van der Waals surface area contributed by atoms with Crippen LogP contribution in [0.15, 0.2) is 35.3 Å². The van der Waals surface area contributed by atoms with Crippen molar-refractivity contribution in [2.45, 2.75) is 6.42 Å². The van der Waals surface area contributed by atoms with Crippen LogP contribution in [0.5, 0.6) is 0 Å². The van der Waals surface area contributed by atoms with E-state index in [9.17, 15) is 0 Å². The number of anilines is 1. The minimum absolute atomic E-state index is 0.658. The molecule has 2 rings (SSSR count). The molecule has 0 aromatic heterocycles. The zero-order chi connectivity index (χ0) is 14.5. The molecule has 0 bridgehead atoms. The van der Waals surface area contributed by atoms with Gasteiger partial charge in [-0.05, 0) is 24.5 Å². The van der Waals surface area contributed by atoms with Crippen LogP contribution in [0, 0.1) is 5.92 Å². The van der Waals surface area contributed by atoms with Gasteiger partial charge in [-0.2, -0.15) is 0 Å². The Kier molecular flexibility index (Phi) is 4.88. The van der Waals surface area contributed by atoms with Crippen molar-refractivity contribution in [3.8, 4) is 0 Å². The van der Waals surface area contributed by atoms with E-state index in [1.807, 2.05) is 28.2 Å². The number of benzene rings is 1. The van der Waals surface area contributed by atoms with Crippen molar-refractivity contribution in [3.63, 3.8) is 0 Å². The summed E-state index contributed by atoms with van der Waals surface area (Å²) in [4.78, 5) is 11.4. The largest absolute Gasteiger partial charge is 0.371 e. The minimum Gasteiger partial charge on any atom is -0.371 e. The Morgan fingerprint density at radius 3 is 2.40 bits per heavy atom. The summed E-state index contributed by atoms with van der Waals surface area (Å²) in [6.07, 6.45) is 1.23. The summed E-state index contributed by atoms with van der Waals surface area (Å²) < 4.78 is 0. The Morgan fingerprint density at radius 2 is 1.80 bits per heavy atom. The summed E-state index contributed by atoms with van der Waals surface area (Å²) >= 11 is 0. The molecule has 1 aliphatic heterocycles. The fraction of sp³-hybridized carbons (Fsp3) is 0.562. The summed E-state index contributed by atoms with van der Waals surface area (Å²) in [5.74, 6) is 1.70. The maximum atomic E-state index is 4.77. The lowest BCUT2D eigenvalue weighted by Crippen LogP contribution is -2.36. The second-order valence-corrected chi connectivity index (χ2v) is 5.87. The van der Waals surface area contributed by atoms with Gasteiger partial charge in [-0.25, -0.2) is 0 Å². The number of para-hydroxylation sites is 1. The van der Waals surface area contributed by atoms with Crippen LogP contribution >= 0.6 is 0 Å². The van der Waals surface area contributed by atoms with Crippen LogP contribution in [0.4, 0.5) is 5.69 Å². The van der Waals surface area contributed by atoms with Gasteiger partial charge in [0.1, 0.15) is 0 Å². The number of nitrogens with zero attached hydrogens (tertiary/aromatic N) is 4. The minimum atomic E-state index is 0.658. The van der Waals surface area contributed by atoms with E-state index >= 15 is 0 Å². The fourth-order valence-electron chi connectivity index (χ4n) is 2.75. The summed E-state index contributed by atoms with van der Waals surface area (Å²) in [5.41, 5.74) is 1.33. The van der Waals surface area contributed by atoms with Crippen LogP contribution in [-0.4, -0.2) is 63.6 Å². The highest BCUT2D eigenvalue weighted by molar-refractivity contribution is 5.79. The number of hydrogen-bond acceptors (Lipinski definition) is 2. The van der Waals surface area contributed by atoms with Crippen molar-refractivity contribution in [2.75, 3.05) is 52.7 Å². The van der Waals surface area contributed by atoms with Gasteiger partial charge in [-0.15, -0.1) is 0 Å². The number of hydrogen-bond donors (Lipinski definition) is 0. The smallest absolute Gasteiger partial charge is 0.195 e. The van der Waals surface area contributed by atoms with Crippen LogP contribution in [0.2, 0.25) is 0 Å². The molecule has 1 saturated heterocycles. The quantitative estimate of drug-likeness (QED) is 0.622. The fourth-order valence-corrected chi connectivity index (χ4v) is 2.75.